The van der Waals surface area contributed by atoms with Crippen LogP contribution in [0.5, 0.6) is 5.75 Å². The Bertz CT molecular complexity index is 1270. The molecule has 1 saturated heterocycles. The summed E-state index contributed by atoms with van der Waals surface area (Å²) in [6, 6.07) is 27.8. The van der Waals surface area contributed by atoms with E-state index in [0.717, 1.165) is 42.3 Å². The summed E-state index contributed by atoms with van der Waals surface area (Å²) in [7, 11) is 1.67. The summed E-state index contributed by atoms with van der Waals surface area (Å²) < 4.78 is 7.57. The maximum atomic E-state index is 6.40. The van der Waals surface area contributed by atoms with Crippen molar-refractivity contribution in [3.05, 3.63) is 120 Å². The van der Waals surface area contributed by atoms with Crippen molar-refractivity contribution in [2.24, 2.45) is 11.7 Å². The zero-order valence-corrected chi connectivity index (χ0v) is 20.8. The van der Waals surface area contributed by atoms with E-state index in [9.17, 15) is 0 Å². The van der Waals surface area contributed by atoms with Crippen LogP contribution >= 0.6 is 0 Å². The highest BCUT2D eigenvalue weighted by Gasteiger charge is 2.33. The first-order valence-corrected chi connectivity index (χ1v) is 12.3. The molecule has 0 bridgehead atoms. The molecule has 0 atom stereocenters. The van der Waals surface area contributed by atoms with Crippen LogP contribution in [0.15, 0.2) is 97.6 Å². The molecular weight excluding hydrogens is 446 g/mol. The maximum Gasteiger partial charge on any atom is 0.143 e. The minimum Gasteiger partial charge on any atom is -0.495 e. The van der Waals surface area contributed by atoms with Gasteiger partial charge in [0.15, 0.2) is 0 Å². The van der Waals surface area contributed by atoms with Crippen LogP contribution in [0.3, 0.4) is 0 Å². The molecule has 5 rings (SSSR count). The van der Waals surface area contributed by atoms with Crippen LogP contribution < -0.4 is 15.8 Å². The monoisotopic (exact) mass is 479 g/mol. The van der Waals surface area contributed by atoms with E-state index in [-0.39, 0.29) is 6.04 Å². The predicted octanol–water partition coefficient (Wildman–Crippen LogP) is 4.76. The molecule has 1 aromatic heterocycles. The molecule has 1 aliphatic rings. The van der Waals surface area contributed by atoms with E-state index in [4.69, 9.17) is 10.5 Å². The van der Waals surface area contributed by atoms with Gasteiger partial charge in [-0.2, -0.15) is 0 Å². The van der Waals surface area contributed by atoms with Gasteiger partial charge in [-0.05, 0) is 30.2 Å². The molecule has 4 aromatic rings. The second-order valence-corrected chi connectivity index (χ2v) is 9.36. The topological polar surface area (TPSA) is 68.3 Å². The van der Waals surface area contributed by atoms with Crippen molar-refractivity contribution in [2.45, 2.75) is 13.0 Å². The molecule has 36 heavy (non-hydrogen) atoms. The van der Waals surface area contributed by atoms with Crippen molar-refractivity contribution in [2.75, 3.05) is 26.7 Å². The number of likely N-dealkylation sites (tertiary alicyclic amines) is 1. The van der Waals surface area contributed by atoms with Gasteiger partial charge in [0.25, 0.3) is 0 Å². The molecule has 1 aliphatic heterocycles. The number of hydrogen-bond acceptors (Lipinski definition) is 5. The number of nitrogens with zero attached hydrogens (tertiary/aromatic N) is 3. The maximum absolute atomic E-state index is 6.40. The summed E-state index contributed by atoms with van der Waals surface area (Å²) in [5.74, 6) is 1.33. The highest BCUT2D eigenvalue weighted by atomic mass is 16.5. The Balaban J connectivity index is 1.20. The van der Waals surface area contributed by atoms with Crippen LogP contribution in [0.2, 0.25) is 0 Å². The van der Waals surface area contributed by atoms with E-state index in [1.54, 1.807) is 13.4 Å². The van der Waals surface area contributed by atoms with Crippen molar-refractivity contribution in [1.29, 1.82) is 0 Å². The Labute approximate surface area is 213 Å². The van der Waals surface area contributed by atoms with Gasteiger partial charge < -0.3 is 20.4 Å². The Kier molecular flexibility index (Phi) is 7.05. The molecule has 184 valence electrons. The first-order valence-electron chi connectivity index (χ1n) is 12.3. The Morgan fingerprint density at radius 3 is 2.31 bits per heavy atom. The van der Waals surface area contributed by atoms with Crippen LogP contribution in [0, 0.1) is 12.8 Å². The van der Waals surface area contributed by atoms with Gasteiger partial charge in [-0.1, -0.05) is 66.7 Å². The Hall–Kier alpha value is -4.03. The van der Waals surface area contributed by atoms with E-state index in [1.807, 2.05) is 42.1 Å². The van der Waals surface area contributed by atoms with Gasteiger partial charge in [0, 0.05) is 43.5 Å². The van der Waals surface area contributed by atoms with Crippen molar-refractivity contribution < 1.29 is 4.74 Å². The van der Waals surface area contributed by atoms with Gasteiger partial charge in [0.2, 0.25) is 0 Å². The number of rotatable bonds is 9. The summed E-state index contributed by atoms with van der Waals surface area (Å²) in [5.41, 5.74) is 12.6. The first-order chi connectivity index (χ1) is 17.6. The zero-order chi connectivity index (χ0) is 24.9. The molecule has 2 heterocycles. The Morgan fingerprint density at radius 1 is 1.06 bits per heavy atom. The largest absolute Gasteiger partial charge is 0.495 e. The number of nitrogens with two attached hydrogens (primary N) is 1. The quantitative estimate of drug-likeness (QED) is 0.362. The van der Waals surface area contributed by atoms with Crippen LogP contribution in [-0.4, -0.2) is 41.2 Å². The van der Waals surface area contributed by atoms with Crippen LogP contribution in [-0.2, 0) is 0 Å². The lowest BCUT2D eigenvalue weighted by molar-refractivity contribution is 0.0704. The average molecular weight is 480 g/mol. The minimum atomic E-state index is 0.287. The number of imidazole rings is 1. The normalized spacial score (nSPS) is 14.6. The second-order valence-electron chi connectivity index (χ2n) is 9.36. The van der Waals surface area contributed by atoms with Gasteiger partial charge in [-0.15, -0.1) is 0 Å². The summed E-state index contributed by atoms with van der Waals surface area (Å²) >= 11 is 0. The summed E-state index contributed by atoms with van der Waals surface area (Å²) in [5, 5.41) is 3.44. The molecule has 0 unspecified atom stereocenters. The lowest BCUT2D eigenvalue weighted by atomic mass is 9.90. The Morgan fingerprint density at radius 2 is 1.72 bits per heavy atom. The number of benzene rings is 3. The van der Waals surface area contributed by atoms with Gasteiger partial charge >= 0.3 is 0 Å². The molecule has 0 saturated carbocycles. The SMILES string of the molecule is COc1cc(/C(N)=C/NCC2CN(C(c3ccccc3)c3ccccc3)C2)ccc1-n1cnc(C)c1. The molecule has 0 aliphatic carbocycles. The number of hydrogen-bond donors (Lipinski definition) is 2. The van der Waals surface area contributed by atoms with Gasteiger partial charge in [-0.25, -0.2) is 4.98 Å². The van der Waals surface area contributed by atoms with Gasteiger partial charge in [0.05, 0.1) is 36.6 Å². The summed E-state index contributed by atoms with van der Waals surface area (Å²) in [6.07, 6.45) is 5.67. The first kappa shape index (κ1) is 23.7. The number of aryl methyl sites for hydroxylation is 1. The highest BCUT2D eigenvalue weighted by molar-refractivity contribution is 5.66. The van der Waals surface area contributed by atoms with Crippen molar-refractivity contribution >= 4 is 5.70 Å². The van der Waals surface area contributed by atoms with Crippen LogP contribution in [0.4, 0.5) is 0 Å². The molecule has 1 fully saturated rings. The van der Waals surface area contributed by atoms with Crippen LogP contribution in [0.25, 0.3) is 11.4 Å². The van der Waals surface area contributed by atoms with E-state index >= 15 is 0 Å². The summed E-state index contributed by atoms with van der Waals surface area (Å²) in [6.45, 7) is 4.94. The highest BCUT2D eigenvalue weighted by Crippen LogP contribution is 2.34. The van der Waals surface area contributed by atoms with Gasteiger partial charge in [-0.3, -0.25) is 4.90 Å². The van der Waals surface area contributed by atoms with Gasteiger partial charge in [0.1, 0.15) is 5.75 Å². The molecule has 0 amide bonds. The fraction of sp³-hybridized carbons (Fsp3) is 0.233. The smallest absolute Gasteiger partial charge is 0.143 e. The summed E-state index contributed by atoms with van der Waals surface area (Å²) in [4.78, 5) is 6.85. The molecule has 0 radical (unpaired) electrons. The number of methoxy groups -OCH3 is 1. The standard InChI is InChI=1S/C30H33N5O/c1-22-18-35(21-33-22)28-14-13-26(15-29(28)36-2)27(31)17-32-16-23-19-34(20-23)30(24-9-5-3-6-10-24)25-11-7-4-8-12-25/h3-15,17-18,21,23,30,32H,16,19-20,31H2,1-2H3/b27-17-. The lowest BCUT2D eigenvalue weighted by Crippen LogP contribution is -2.51. The van der Waals surface area contributed by atoms with Crippen LogP contribution in [0.1, 0.15) is 28.4 Å². The minimum absolute atomic E-state index is 0.287. The fourth-order valence-corrected chi connectivity index (χ4v) is 4.88. The number of aromatic nitrogens is 2. The third kappa shape index (κ3) is 5.14. The second kappa shape index (κ2) is 10.7. The molecule has 6 heteroatoms. The fourth-order valence-electron chi connectivity index (χ4n) is 4.88. The van der Waals surface area contributed by atoms with E-state index < -0.39 is 0 Å². The van der Waals surface area contributed by atoms with E-state index in [0.29, 0.717) is 11.6 Å². The van der Waals surface area contributed by atoms with Crippen molar-refractivity contribution in [1.82, 2.24) is 19.8 Å². The third-order valence-electron chi connectivity index (χ3n) is 6.75. The molecular formula is C30H33N5O. The molecule has 6 nitrogen and oxygen atoms in total. The number of nitrogens with one attached hydrogen (secondary N) is 1. The van der Waals surface area contributed by atoms with Crippen molar-refractivity contribution in [3.8, 4) is 11.4 Å². The van der Waals surface area contributed by atoms with E-state index in [1.165, 1.54) is 11.1 Å². The molecule has 3 N–H and O–H groups in total. The van der Waals surface area contributed by atoms with E-state index in [2.05, 4.69) is 75.9 Å². The lowest BCUT2D eigenvalue weighted by Gasteiger charge is -2.45. The zero-order valence-electron chi connectivity index (χ0n) is 20.8. The third-order valence-corrected chi connectivity index (χ3v) is 6.75. The molecule has 3 aromatic carbocycles. The van der Waals surface area contributed by atoms with Crippen molar-refractivity contribution in [3.63, 3.8) is 0 Å². The average Bonchev–Trinajstić information content (AvgIpc) is 3.33. The predicted molar refractivity (Wildman–Crippen MR) is 145 cm³/mol. The molecule has 0 spiro atoms. The number of ether oxygens (including phenoxy) is 1.